The van der Waals surface area contributed by atoms with E-state index in [1.54, 1.807) is 12.1 Å². The van der Waals surface area contributed by atoms with E-state index in [0.717, 1.165) is 25.1 Å². The molecule has 2 aromatic rings. The highest BCUT2D eigenvalue weighted by molar-refractivity contribution is 5.86. The number of piperidine rings is 1. The van der Waals surface area contributed by atoms with E-state index in [1.807, 2.05) is 30.0 Å². The number of hydrogen-bond donors (Lipinski definition) is 1. The van der Waals surface area contributed by atoms with Crippen molar-refractivity contribution in [2.24, 2.45) is 11.3 Å². The zero-order chi connectivity index (χ0) is 27.6. The minimum Gasteiger partial charge on any atom is -0.406 e. The van der Waals surface area contributed by atoms with E-state index in [2.05, 4.69) is 27.1 Å². The summed E-state index contributed by atoms with van der Waals surface area (Å²) in [6.07, 6.45) is -2.05. The van der Waals surface area contributed by atoms with Gasteiger partial charge in [-0.25, -0.2) is 0 Å². The van der Waals surface area contributed by atoms with Crippen LogP contribution in [0.1, 0.15) is 49.7 Å². The first-order valence-corrected chi connectivity index (χ1v) is 13.9. The van der Waals surface area contributed by atoms with Gasteiger partial charge in [-0.05, 0) is 55.6 Å². The molecule has 1 unspecified atom stereocenters. The largest absolute Gasteiger partial charge is 0.573 e. The van der Waals surface area contributed by atoms with Crippen molar-refractivity contribution in [2.75, 3.05) is 32.7 Å². The zero-order valence-electron chi connectivity index (χ0n) is 22.7. The second kappa shape index (κ2) is 12.5. The highest BCUT2D eigenvalue weighted by Crippen LogP contribution is 2.44. The number of alkyl halides is 3. The molecule has 3 aliphatic rings. The lowest BCUT2D eigenvalue weighted by atomic mass is 9.75. The summed E-state index contributed by atoms with van der Waals surface area (Å²) in [6, 6.07) is 15.9. The number of hydrogen-bond acceptors (Lipinski definition) is 5. The number of ether oxygens (including phenoxy) is 1. The monoisotopic (exact) mass is 579 g/mol. The van der Waals surface area contributed by atoms with Gasteiger partial charge in [0, 0.05) is 44.4 Å². The summed E-state index contributed by atoms with van der Waals surface area (Å²) in [5.41, 5.74) is 1.60. The third-order valence-electron chi connectivity index (χ3n) is 8.85. The van der Waals surface area contributed by atoms with Crippen LogP contribution in [0.25, 0.3) is 0 Å². The van der Waals surface area contributed by atoms with Gasteiger partial charge in [0.1, 0.15) is 11.5 Å². The Morgan fingerprint density at radius 3 is 2.30 bits per heavy atom. The summed E-state index contributed by atoms with van der Waals surface area (Å²) in [7, 11) is 0. The van der Waals surface area contributed by atoms with Crippen molar-refractivity contribution in [2.45, 2.75) is 57.5 Å². The first-order chi connectivity index (χ1) is 18.7. The summed E-state index contributed by atoms with van der Waals surface area (Å²) < 4.78 is 41.3. The average Bonchev–Trinajstić information content (AvgIpc) is 3.52. The van der Waals surface area contributed by atoms with Crippen molar-refractivity contribution < 1.29 is 27.5 Å². The molecule has 2 aromatic carbocycles. The lowest BCUT2D eigenvalue weighted by Gasteiger charge is -2.43. The molecule has 0 aliphatic carbocycles. The summed E-state index contributed by atoms with van der Waals surface area (Å²) in [6.45, 7) is 5.99. The molecule has 3 fully saturated rings. The van der Waals surface area contributed by atoms with E-state index in [1.165, 1.54) is 17.7 Å². The SMILES string of the molecule is CCC(=O)C([C@@H]1CNC[C@@H]1c1ccccc1)N1CCC2(CCN(Cc3ccc(OC(F)(F)F)cc3)C2=O)CC1.Cl. The maximum atomic E-state index is 13.6. The Hall–Kier alpha value is -2.62. The van der Waals surface area contributed by atoms with Gasteiger partial charge in [0.15, 0.2) is 0 Å². The molecule has 3 saturated heterocycles. The highest BCUT2D eigenvalue weighted by atomic mass is 35.5. The molecular formula is C30H37ClF3N3O3. The van der Waals surface area contributed by atoms with Gasteiger partial charge in [-0.15, -0.1) is 25.6 Å². The van der Waals surface area contributed by atoms with Gasteiger partial charge in [0.05, 0.1) is 11.5 Å². The zero-order valence-corrected chi connectivity index (χ0v) is 23.5. The van der Waals surface area contributed by atoms with Crippen LogP contribution in [0.4, 0.5) is 13.2 Å². The molecule has 0 saturated carbocycles. The first kappa shape index (κ1) is 30.3. The molecule has 1 N–H and O–H groups in total. The Labute approximate surface area is 239 Å². The van der Waals surface area contributed by atoms with Gasteiger partial charge < -0.3 is 15.0 Å². The molecular weight excluding hydrogens is 543 g/mol. The van der Waals surface area contributed by atoms with Crippen molar-refractivity contribution in [1.29, 1.82) is 0 Å². The van der Waals surface area contributed by atoms with Crippen molar-refractivity contribution in [3.63, 3.8) is 0 Å². The molecule has 0 radical (unpaired) electrons. The van der Waals surface area contributed by atoms with Crippen molar-refractivity contribution >= 4 is 24.1 Å². The molecule has 3 heterocycles. The molecule has 6 nitrogen and oxygen atoms in total. The fourth-order valence-corrected chi connectivity index (χ4v) is 6.77. The molecule has 3 aliphatic heterocycles. The number of Topliss-reactive ketones (excluding diaryl/α,β-unsaturated/α-hetero) is 1. The average molecular weight is 580 g/mol. The standard InChI is InChI=1S/C30H36F3N3O3.ClH/c1-2-26(37)27(25-19-34-18-24(25)22-6-4-3-5-7-22)35-15-12-29(13-16-35)14-17-36(28(29)38)20-21-8-10-23(11-9-21)39-30(31,32)33;/h3-11,24-25,27,34H,2,12-20H2,1H3;1H/t24-,25-,27?;/m1./s1. The fraction of sp³-hybridized carbons (Fsp3) is 0.533. The second-order valence-corrected chi connectivity index (χ2v) is 11.1. The molecule has 10 heteroatoms. The number of carbonyl (C=O) groups is 2. The topological polar surface area (TPSA) is 61.9 Å². The molecule has 40 heavy (non-hydrogen) atoms. The lowest BCUT2D eigenvalue weighted by Crippen LogP contribution is -2.54. The van der Waals surface area contributed by atoms with Gasteiger partial charge >= 0.3 is 6.36 Å². The number of halogens is 4. The first-order valence-electron chi connectivity index (χ1n) is 13.9. The number of nitrogens with zero attached hydrogens (tertiary/aromatic N) is 2. The summed E-state index contributed by atoms with van der Waals surface area (Å²) in [5.74, 6) is 0.567. The van der Waals surface area contributed by atoms with E-state index in [4.69, 9.17) is 0 Å². The molecule has 218 valence electrons. The van der Waals surface area contributed by atoms with Crippen LogP contribution in [0.2, 0.25) is 0 Å². The van der Waals surface area contributed by atoms with Gasteiger partial charge in [-0.3, -0.25) is 14.5 Å². The number of nitrogens with one attached hydrogen (secondary N) is 1. The van der Waals surface area contributed by atoms with Crippen LogP contribution in [-0.4, -0.2) is 66.6 Å². The molecule has 3 atom stereocenters. The van der Waals surface area contributed by atoms with Crippen LogP contribution in [0.3, 0.4) is 0 Å². The van der Waals surface area contributed by atoms with Crippen molar-refractivity contribution in [3.8, 4) is 5.75 Å². The van der Waals surface area contributed by atoms with Crippen LogP contribution in [-0.2, 0) is 16.1 Å². The normalized spacial score (nSPS) is 23.7. The highest BCUT2D eigenvalue weighted by Gasteiger charge is 2.50. The maximum absolute atomic E-state index is 13.6. The van der Waals surface area contributed by atoms with Gasteiger partial charge in [-0.1, -0.05) is 49.4 Å². The van der Waals surface area contributed by atoms with Crippen LogP contribution in [0.15, 0.2) is 54.6 Å². The number of likely N-dealkylation sites (tertiary alicyclic amines) is 2. The van der Waals surface area contributed by atoms with E-state index in [0.29, 0.717) is 45.4 Å². The molecule has 0 aromatic heterocycles. The van der Waals surface area contributed by atoms with Gasteiger partial charge in [-0.2, -0.15) is 0 Å². The van der Waals surface area contributed by atoms with E-state index < -0.39 is 11.8 Å². The molecule has 5 rings (SSSR count). The van der Waals surface area contributed by atoms with Crippen LogP contribution < -0.4 is 10.1 Å². The number of rotatable bonds is 8. The van der Waals surface area contributed by atoms with Gasteiger partial charge in [0.2, 0.25) is 5.91 Å². The predicted molar refractivity (Wildman–Crippen MR) is 148 cm³/mol. The fourth-order valence-electron chi connectivity index (χ4n) is 6.77. The predicted octanol–water partition coefficient (Wildman–Crippen LogP) is 5.17. The van der Waals surface area contributed by atoms with Gasteiger partial charge in [0.25, 0.3) is 0 Å². The molecule has 0 bridgehead atoms. The minimum atomic E-state index is -4.73. The summed E-state index contributed by atoms with van der Waals surface area (Å²) >= 11 is 0. The van der Waals surface area contributed by atoms with Crippen LogP contribution in [0, 0.1) is 11.3 Å². The number of amides is 1. The second-order valence-electron chi connectivity index (χ2n) is 11.1. The van der Waals surface area contributed by atoms with E-state index >= 15 is 0 Å². The van der Waals surface area contributed by atoms with E-state index in [-0.39, 0.29) is 47.7 Å². The van der Waals surface area contributed by atoms with Crippen molar-refractivity contribution in [3.05, 3.63) is 65.7 Å². The maximum Gasteiger partial charge on any atom is 0.573 e. The third kappa shape index (κ3) is 6.47. The Bertz CT molecular complexity index is 1150. The number of ketones is 1. The van der Waals surface area contributed by atoms with Crippen LogP contribution >= 0.6 is 12.4 Å². The Kier molecular flexibility index (Phi) is 9.47. The third-order valence-corrected chi connectivity index (χ3v) is 8.85. The smallest absolute Gasteiger partial charge is 0.406 e. The minimum absolute atomic E-state index is 0. The Morgan fingerprint density at radius 2 is 1.68 bits per heavy atom. The number of carbonyl (C=O) groups excluding carboxylic acids is 2. The quantitative estimate of drug-likeness (QED) is 0.467. The Balaban J connectivity index is 0.00000370. The summed E-state index contributed by atoms with van der Waals surface area (Å²) in [5, 5.41) is 3.52. The molecule has 1 amide bonds. The summed E-state index contributed by atoms with van der Waals surface area (Å²) in [4.78, 5) is 31.0. The van der Waals surface area contributed by atoms with Crippen LogP contribution in [0.5, 0.6) is 5.75 Å². The molecule has 1 spiro atoms. The van der Waals surface area contributed by atoms with Crippen molar-refractivity contribution in [1.82, 2.24) is 15.1 Å². The lowest BCUT2D eigenvalue weighted by molar-refractivity contribution is -0.274. The Morgan fingerprint density at radius 1 is 1.02 bits per heavy atom. The van der Waals surface area contributed by atoms with E-state index in [9.17, 15) is 22.8 Å². The number of benzene rings is 2.